The molecule has 0 radical (unpaired) electrons. The molecule has 74 valence electrons. The molecule has 0 rings (SSSR count). The van der Waals surface area contributed by atoms with Gasteiger partial charge in [0.2, 0.25) is 0 Å². The second-order valence-electron chi connectivity index (χ2n) is 3.74. The minimum atomic E-state index is 0.213. The van der Waals surface area contributed by atoms with Crippen molar-refractivity contribution < 1.29 is 0 Å². The molecule has 0 bridgehead atoms. The topological polar surface area (TPSA) is 12.0 Å². The van der Waals surface area contributed by atoms with Gasteiger partial charge in [-0.2, -0.15) is 0 Å². The van der Waals surface area contributed by atoms with Crippen LogP contribution in [0.5, 0.6) is 0 Å². The highest BCUT2D eigenvalue weighted by atomic mass is 35.5. The van der Waals surface area contributed by atoms with Gasteiger partial charge in [-0.15, -0.1) is 11.6 Å². The normalized spacial score (nSPS) is 21.8. The standard InChI is InChI=1S/C9H22ClNSi/c1-5-7(3)9(12,8(4)10)11-6-2/h7-8,11H,5-6H2,1-4,12H3. The van der Waals surface area contributed by atoms with Gasteiger partial charge in [0.1, 0.15) is 0 Å². The van der Waals surface area contributed by atoms with Gasteiger partial charge < -0.3 is 5.32 Å². The van der Waals surface area contributed by atoms with E-state index >= 15 is 0 Å². The lowest BCUT2D eigenvalue weighted by Crippen LogP contribution is -2.56. The van der Waals surface area contributed by atoms with Crippen molar-refractivity contribution in [1.29, 1.82) is 0 Å². The number of hydrogen-bond donors (Lipinski definition) is 1. The van der Waals surface area contributed by atoms with Gasteiger partial charge in [-0.1, -0.05) is 27.2 Å². The minimum absolute atomic E-state index is 0.213. The van der Waals surface area contributed by atoms with Crippen LogP contribution in [-0.2, 0) is 0 Å². The Kier molecular flexibility index (Phi) is 5.46. The summed E-state index contributed by atoms with van der Waals surface area (Å²) in [6, 6.07) is 0. The monoisotopic (exact) mass is 207 g/mol. The Hall–Kier alpha value is 0.467. The highest BCUT2D eigenvalue weighted by molar-refractivity contribution is 6.28. The largest absolute Gasteiger partial charge is 0.313 e. The second-order valence-corrected chi connectivity index (χ2v) is 6.05. The first-order valence-electron chi connectivity index (χ1n) is 4.88. The van der Waals surface area contributed by atoms with Crippen molar-refractivity contribution in [3.8, 4) is 0 Å². The van der Waals surface area contributed by atoms with Crippen molar-refractivity contribution in [1.82, 2.24) is 5.32 Å². The zero-order valence-corrected chi connectivity index (χ0v) is 11.7. The summed E-state index contributed by atoms with van der Waals surface area (Å²) in [5, 5.41) is 3.99. The Morgan fingerprint density at radius 1 is 1.42 bits per heavy atom. The highest BCUT2D eigenvalue weighted by Gasteiger charge is 2.33. The van der Waals surface area contributed by atoms with Crippen molar-refractivity contribution in [2.45, 2.75) is 44.7 Å². The summed E-state index contributed by atoms with van der Waals surface area (Å²) in [5.41, 5.74) is 0. The molecule has 3 atom stereocenters. The lowest BCUT2D eigenvalue weighted by molar-refractivity contribution is 0.318. The second kappa shape index (κ2) is 5.25. The Labute approximate surface area is 84.7 Å². The van der Waals surface area contributed by atoms with Crippen LogP contribution in [0.2, 0.25) is 0 Å². The van der Waals surface area contributed by atoms with Crippen LogP contribution in [0.1, 0.15) is 34.1 Å². The van der Waals surface area contributed by atoms with E-state index in [1.807, 2.05) is 0 Å². The zero-order valence-electron chi connectivity index (χ0n) is 8.95. The molecule has 0 fully saturated rings. The van der Waals surface area contributed by atoms with E-state index in [2.05, 4.69) is 33.0 Å². The summed E-state index contributed by atoms with van der Waals surface area (Å²) in [5.74, 6) is 0.677. The molecule has 0 heterocycles. The first-order valence-corrected chi connectivity index (χ1v) is 6.31. The SMILES string of the molecule is CCNC([SiH3])(C(C)Cl)C(C)CC. The number of halogens is 1. The van der Waals surface area contributed by atoms with Crippen LogP contribution in [-0.4, -0.2) is 27.3 Å². The van der Waals surface area contributed by atoms with Gasteiger partial charge >= 0.3 is 0 Å². The maximum absolute atomic E-state index is 6.21. The smallest absolute Gasteiger partial charge is 0.0454 e. The Morgan fingerprint density at radius 3 is 2.17 bits per heavy atom. The molecule has 0 aliphatic heterocycles. The highest BCUT2D eigenvalue weighted by Crippen LogP contribution is 2.24. The molecule has 3 heteroatoms. The lowest BCUT2D eigenvalue weighted by atomic mass is 9.95. The molecule has 0 spiro atoms. The fourth-order valence-corrected chi connectivity index (χ4v) is 2.57. The van der Waals surface area contributed by atoms with E-state index in [4.69, 9.17) is 11.6 Å². The predicted octanol–water partition coefficient (Wildman–Crippen LogP) is 1.33. The van der Waals surface area contributed by atoms with Crippen molar-refractivity contribution >= 4 is 21.8 Å². The lowest BCUT2D eigenvalue weighted by Gasteiger charge is -2.39. The molecule has 0 amide bonds. The van der Waals surface area contributed by atoms with Gasteiger partial charge in [0.25, 0.3) is 0 Å². The fourth-order valence-electron chi connectivity index (χ4n) is 1.51. The maximum atomic E-state index is 6.21. The summed E-state index contributed by atoms with van der Waals surface area (Å²) in [7, 11) is 1.11. The average Bonchev–Trinajstić information content (AvgIpc) is 2.03. The van der Waals surface area contributed by atoms with E-state index < -0.39 is 0 Å². The third-order valence-electron chi connectivity index (χ3n) is 3.02. The van der Waals surface area contributed by atoms with Crippen LogP contribution in [0.4, 0.5) is 0 Å². The van der Waals surface area contributed by atoms with Gasteiger partial charge in [0.15, 0.2) is 0 Å². The van der Waals surface area contributed by atoms with Gasteiger partial charge in [-0.25, -0.2) is 0 Å². The molecule has 3 unspecified atom stereocenters. The molecular weight excluding hydrogens is 186 g/mol. The van der Waals surface area contributed by atoms with Gasteiger partial charge in [0, 0.05) is 20.8 Å². The molecule has 12 heavy (non-hydrogen) atoms. The van der Waals surface area contributed by atoms with Gasteiger partial charge in [-0.05, 0) is 19.4 Å². The fraction of sp³-hybridized carbons (Fsp3) is 1.00. The Morgan fingerprint density at radius 2 is 1.92 bits per heavy atom. The quantitative estimate of drug-likeness (QED) is 0.530. The van der Waals surface area contributed by atoms with Crippen molar-refractivity contribution in [2.75, 3.05) is 6.54 Å². The molecule has 0 saturated carbocycles. The van der Waals surface area contributed by atoms with Crippen LogP contribution in [0.15, 0.2) is 0 Å². The van der Waals surface area contributed by atoms with E-state index in [1.54, 1.807) is 0 Å². The van der Waals surface area contributed by atoms with Crippen molar-refractivity contribution in [3.63, 3.8) is 0 Å². The third-order valence-corrected chi connectivity index (χ3v) is 6.04. The molecule has 0 aromatic heterocycles. The number of hydrogen-bond acceptors (Lipinski definition) is 1. The number of rotatable bonds is 5. The van der Waals surface area contributed by atoms with Crippen LogP contribution in [0.3, 0.4) is 0 Å². The summed E-state index contributed by atoms with van der Waals surface area (Å²) in [6.45, 7) is 9.78. The molecule has 0 aliphatic carbocycles. The van der Waals surface area contributed by atoms with Crippen LogP contribution in [0, 0.1) is 5.92 Å². The summed E-state index contributed by atoms with van der Waals surface area (Å²) < 4.78 is 0. The number of nitrogens with one attached hydrogen (secondary N) is 1. The van der Waals surface area contributed by atoms with Crippen LogP contribution >= 0.6 is 11.6 Å². The molecular formula is C9H22ClNSi. The summed E-state index contributed by atoms with van der Waals surface area (Å²) >= 11 is 6.21. The molecule has 1 nitrogen and oxygen atoms in total. The van der Waals surface area contributed by atoms with Crippen LogP contribution < -0.4 is 5.32 Å². The first kappa shape index (κ1) is 12.5. The molecule has 0 saturated heterocycles. The third kappa shape index (κ3) is 2.75. The van der Waals surface area contributed by atoms with Crippen molar-refractivity contribution in [2.24, 2.45) is 5.92 Å². The Balaban J connectivity index is 4.37. The van der Waals surface area contributed by atoms with Gasteiger partial charge in [0.05, 0.1) is 0 Å². The summed E-state index contributed by atoms with van der Waals surface area (Å²) in [4.78, 5) is 0. The molecule has 0 aliphatic rings. The molecule has 0 aromatic carbocycles. The van der Waals surface area contributed by atoms with Crippen LogP contribution in [0.25, 0.3) is 0 Å². The van der Waals surface area contributed by atoms with E-state index in [-0.39, 0.29) is 10.5 Å². The maximum Gasteiger partial charge on any atom is 0.0454 e. The van der Waals surface area contributed by atoms with E-state index in [0.29, 0.717) is 5.92 Å². The molecule has 0 aromatic rings. The van der Waals surface area contributed by atoms with E-state index in [1.165, 1.54) is 6.42 Å². The first-order chi connectivity index (χ1) is 5.49. The van der Waals surface area contributed by atoms with Gasteiger partial charge in [-0.3, -0.25) is 0 Å². The average molecular weight is 208 g/mol. The minimum Gasteiger partial charge on any atom is -0.313 e. The molecule has 1 N–H and O–H groups in total. The van der Waals surface area contributed by atoms with E-state index in [0.717, 1.165) is 16.8 Å². The number of alkyl halides is 1. The summed E-state index contributed by atoms with van der Waals surface area (Å²) in [6.07, 6.45) is 1.20. The Bertz CT molecular complexity index is 130. The van der Waals surface area contributed by atoms with Crippen molar-refractivity contribution in [3.05, 3.63) is 0 Å². The predicted molar refractivity (Wildman–Crippen MR) is 61.1 cm³/mol. The zero-order chi connectivity index (χ0) is 9.78. The van der Waals surface area contributed by atoms with E-state index in [9.17, 15) is 0 Å².